The Hall–Kier alpha value is -2.56. The van der Waals surface area contributed by atoms with E-state index in [0.717, 1.165) is 14.2 Å². The van der Waals surface area contributed by atoms with Crippen LogP contribution in [0.3, 0.4) is 0 Å². The molecule has 2 rings (SSSR count). The van der Waals surface area contributed by atoms with Gasteiger partial charge >= 0.3 is 22.1 Å². The van der Waals surface area contributed by atoms with Gasteiger partial charge in [0.15, 0.2) is 11.5 Å². The molecule has 30 heavy (non-hydrogen) atoms. The van der Waals surface area contributed by atoms with Gasteiger partial charge in [-0.1, -0.05) is 11.6 Å². The lowest BCUT2D eigenvalue weighted by molar-refractivity contribution is -0.143. The van der Waals surface area contributed by atoms with Gasteiger partial charge < -0.3 is 18.4 Å². The van der Waals surface area contributed by atoms with Gasteiger partial charge in [-0.3, -0.25) is 0 Å². The van der Waals surface area contributed by atoms with E-state index in [1.165, 1.54) is 49.6 Å². The van der Waals surface area contributed by atoms with Crippen molar-refractivity contribution in [1.29, 1.82) is 0 Å². The summed E-state index contributed by atoms with van der Waals surface area (Å²) in [6.07, 6.45) is 1.21. The smallest absolute Gasteiger partial charge is 0.345 e. The van der Waals surface area contributed by atoms with E-state index in [2.05, 4.69) is 25.4 Å². The number of hydrogen-bond acceptors (Lipinski definition) is 8. The molecular formula is C19H16BrClO8S. The van der Waals surface area contributed by atoms with Crippen molar-refractivity contribution in [1.82, 2.24) is 0 Å². The quantitative estimate of drug-likeness (QED) is 0.180. The summed E-state index contributed by atoms with van der Waals surface area (Å²) in [5.74, 6) is -1.89. The Kier molecular flexibility index (Phi) is 7.88. The number of hydrogen-bond donors (Lipinski definition) is 0. The van der Waals surface area contributed by atoms with Crippen LogP contribution in [-0.2, 0) is 29.2 Å². The first-order chi connectivity index (χ1) is 14.1. The zero-order chi connectivity index (χ0) is 22.5. The zero-order valence-electron chi connectivity index (χ0n) is 16.0. The number of rotatable bonds is 7. The van der Waals surface area contributed by atoms with Crippen molar-refractivity contribution in [3.63, 3.8) is 0 Å². The van der Waals surface area contributed by atoms with Crippen molar-refractivity contribution in [3.05, 3.63) is 57.0 Å². The molecule has 0 heterocycles. The van der Waals surface area contributed by atoms with Gasteiger partial charge in [0, 0.05) is 5.02 Å². The van der Waals surface area contributed by atoms with Gasteiger partial charge in [0.05, 0.1) is 25.8 Å². The lowest BCUT2D eigenvalue weighted by Crippen LogP contribution is -2.15. The Labute approximate surface area is 186 Å². The highest BCUT2D eigenvalue weighted by atomic mass is 79.9. The second-order valence-electron chi connectivity index (χ2n) is 5.57. The molecule has 0 aliphatic heterocycles. The summed E-state index contributed by atoms with van der Waals surface area (Å²) in [4.78, 5) is 23.6. The molecule has 0 unspecified atom stereocenters. The first-order valence-electron chi connectivity index (χ1n) is 8.08. The van der Waals surface area contributed by atoms with Crippen LogP contribution in [0.2, 0.25) is 5.02 Å². The number of benzene rings is 2. The normalized spacial score (nSPS) is 10.7. The van der Waals surface area contributed by atoms with Gasteiger partial charge in [-0.05, 0) is 64.0 Å². The van der Waals surface area contributed by atoms with Crippen LogP contribution in [0.25, 0.3) is 6.08 Å². The van der Waals surface area contributed by atoms with E-state index < -0.39 is 22.1 Å². The van der Waals surface area contributed by atoms with Gasteiger partial charge in [0.25, 0.3) is 0 Å². The van der Waals surface area contributed by atoms with E-state index in [4.69, 9.17) is 20.5 Å². The molecule has 0 atom stereocenters. The Morgan fingerprint density at radius 2 is 1.57 bits per heavy atom. The summed E-state index contributed by atoms with van der Waals surface area (Å²) in [5.41, 5.74) is -0.0443. The maximum Gasteiger partial charge on any atom is 0.345 e. The summed E-state index contributed by atoms with van der Waals surface area (Å²) in [5, 5.41) is 0.371. The first kappa shape index (κ1) is 23.7. The van der Waals surface area contributed by atoms with Crippen molar-refractivity contribution in [2.45, 2.75) is 4.90 Å². The number of carbonyl (C=O) groups excluding carboxylic acids is 2. The average Bonchev–Trinajstić information content (AvgIpc) is 2.72. The van der Waals surface area contributed by atoms with Gasteiger partial charge in [0.1, 0.15) is 10.5 Å². The van der Waals surface area contributed by atoms with Crippen LogP contribution < -0.4 is 8.92 Å². The van der Waals surface area contributed by atoms with E-state index in [0.29, 0.717) is 10.6 Å². The van der Waals surface area contributed by atoms with Crippen LogP contribution in [0.1, 0.15) is 5.56 Å². The zero-order valence-corrected chi connectivity index (χ0v) is 19.1. The standard InChI is InChI=1S/C19H16BrClO8S/c1-26-16-10-11(8-14(18(22)27-2)19(23)28-3)9-15(20)17(16)29-30(24,25)13-6-4-12(21)5-7-13/h4-10H,1-3H3. The second kappa shape index (κ2) is 9.96. The number of carbonyl (C=O) groups is 2. The van der Waals surface area contributed by atoms with Crippen LogP contribution in [0.15, 0.2) is 51.3 Å². The van der Waals surface area contributed by atoms with Crippen molar-refractivity contribution >= 4 is 55.7 Å². The van der Waals surface area contributed by atoms with Crippen LogP contribution in [0.4, 0.5) is 0 Å². The average molecular weight is 520 g/mol. The molecule has 0 aliphatic carbocycles. The minimum atomic E-state index is -4.19. The minimum Gasteiger partial charge on any atom is -0.493 e. The van der Waals surface area contributed by atoms with Crippen molar-refractivity contribution in [2.24, 2.45) is 0 Å². The van der Waals surface area contributed by atoms with Crippen molar-refractivity contribution in [2.75, 3.05) is 21.3 Å². The fourth-order valence-corrected chi connectivity index (χ4v) is 3.98. The summed E-state index contributed by atoms with van der Waals surface area (Å²) >= 11 is 9.01. The molecule has 0 saturated heterocycles. The third-order valence-electron chi connectivity index (χ3n) is 3.67. The van der Waals surface area contributed by atoms with E-state index >= 15 is 0 Å². The van der Waals surface area contributed by atoms with Crippen LogP contribution in [-0.4, -0.2) is 41.7 Å². The molecule has 0 spiro atoms. The largest absolute Gasteiger partial charge is 0.493 e. The molecule has 0 aliphatic rings. The fourth-order valence-electron chi connectivity index (χ4n) is 2.25. The first-order valence-corrected chi connectivity index (χ1v) is 10.7. The predicted octanol–water partition coefficient (Wildman–Crippen LogP) is 3.61. The molecule has 2 aromatic carbocycles. The predicted molar refractivity (Wildman–Crippen MR) is 112 cm³/mol. The molecule has 0 amide bonds. The number of ether oxygens (including phenoxy) is 3. The molecule has 0 radical (unpaired) electrons. The molecule has 8 nitrogen and oxygen atoms in total. The topological polar surface area (TPSA) is 105 Å². The Morgan fingerprint density at radius 1 is 1.00 bits per heavy atom. The highest BCUT2D eigenvalue weighted by molar-refractivity contribution is 9.10. The van der Waals surface area contributed by atoms with E-state index in [1.807, 2.05) is 0 Å². The van der Waals surface area contributed by atoms with Crippen LogP contribution >= 0.6 is 27.5 Å². The Morgan fingerprint density at radius 3 is 2.07 bits per heavy atom. The third kappa shape index (κ3) is 5.53. The number of methoxy groups -OCH3 is 3. The molecule has 11 heteroatoms. The number of esters is 2. The number of halogens is 2. The van der Waals surface area contributed by atoms with E-state index in [9.17, 15) is 18.0 Å². The summed E-state index contributed by atoms with van der Waals surface area (Å²) in [6.45, 7) is 0. The van der Waals surface area contributed by atoms with Crippen molar-refractivity contribution in [3.8, 4) is 11.5 Å². The van der Waals surface area contributed by atoms with Gasteiger partial charge in [-0.2, -0.15) is 8.42 Å². The second-order valence-corrected chi connectivity index (χ2v) is 8.40. The highest BCUT2D eigenvalue weighted by Crippen LogP contribution is 2.39. The lowest BCUT2D eigenvalue weighted by atomic mass is 10.1. The summed E-state index contributed by atoms with van der Waals surface area (Å²) in [6, 6.07) is 8.24. The maximum atomic E-state index is 12.6. The molecule has 0 saturated carbocycles. The maximum absolute atomic E-state index is 12.6. The molecule has 0 aromatic heterocycles. The lowest BCUT2D eigenvalue weighted by Gasteiger charge is -2.14. The fraction of sp³-hybridized carbons (Fsp3) is 0.158. The minimum absolute atomic E-state index is 0.0299. The Bertz CT molecular complexity index is 1080. The highest BCUT2D eigenvalue weighted by Gasteiger charge is 2.24. The summed E-state index contributed by atoms with van der Waals surface area (Å²) in [7, 11) is -0.646. The van der Waals surface area contributed by atoms with Crippen molar-refractivity contribution < 1.29 is 36.4 Å². The Balaban J connectivity index is 2.50. The monoisotopic (exact) mass is 518 g/mol. The van der Waals surface area contributed by atoms with Crippen LogP contribution in [0.5, 0.6) is 11.5 Å². The summed E-state index contributed by atoms with van der Waals surface area (Å²) < 4.78 is 45.0. The molecular weight excluding hydrogens is 504 g/mol. The molecule has 0 bridgehead atoms. The third-order valence-corrected chi connectivity index (χ3v) is 5.75. The van der Waals surface area contributed by atoms with Gasteiger partial charge in [-0.15, -0.1) is 0 Å². The van der Waals surface area contributed by atoms with E-state index in [1.54, 1.807) is 0 Å². The van der Waals surface area contributed by atoms with E-state index in [-0.39, 0.29) is 26.4 Å². The molecule has 160 valence electrons. The SMILES string of the molecule is COC(=O)C(=Cc1cc(Br)c(OS(=O)(=O)c2ccc(Cl)cc2)c(OC)c1)C(=O)OC. The molecule has 0 N–H and O–H groups in total. The van der Waals surface area contributed by atoms with Gasteiger partial charge in [-0.25, -0.2) is 9.59 Å². The van der Waals surface area contributed by atoms with Gasteiger partial charge in [0.2, 0.25) is 0 Å². The van der Waals surface area contributed by atoms with Crippen LogP contribution in [0, 0.1) is 0 Å². The molecule has 0 fully saturated rings. The molecule has 2 aromatic rings.